The molecule has 0 bridgehead atoms. The molecule has 1 saturated heterocycles. The Labute approximate surface area is 149 Å². The Morgan fingerprint density at radius 1 is 1.23 bits per heavy atom. The molecule has 8 nitrogen and oxygen atoms in total. The Kier molecular flexibility index (Phi) is 5.13. The van der Waals surface area contributed by atoms with Crippen molar-refractivity contribution in [1.82, 2.24) is 9.47 Å². The van der Waals surface area contributed by atoms with Crippen LogP contribution in [0.4, 0.5) is 5.69 Å². The van der Waals surface area contributed by atoms with Gasteiger partial charge in [0.1, 0.15) is 12.6 Å². The quantitative estimate of drug-likeness (QED) is 0.614. The molecule has 136 valence electrons. The SMILES string of the molecule is C[C@@H]1CN(C(=O)Cn2cc([N+](=O)[O-])ccc2=O)C[C@H](c2ccccc2)O1. The van der Waals surface area contributed by atoms with Crippen molar-refractivity contribution in [2.75, 3.05) is 13.1 Å². The number of carbonyl (C=O) groups excluding carboxylic acids is 1. The third kappa shape index (κ3) is 3.97. The molecule has 0 unspecified atom stereocenters. The first-order valence-corrected chi connectivity index (χ1v) is 8.27. The van der Waals surface area contributed by atoms with Crippen molar-refractivity contribution in [3.05, 3.63) is 74.7 Å². The molecule has 0 spiro atoms. The first kappa shape index (κ1) is 17.8. The van der Waals surface area contributed by atoms with E-state index < -0.39 is 10.5 Å². The van der Waals surface area contributed by atoms with Crippen LogP contribution in [-0.4, -0.2) is 39.5 Å². The molecule has 1 aliphatic rings. The van der Waals surface area contributed by atoms with E-state index in [0.717, 1.165) is 28.5 Å². The third-order valence-electron chi connectivity index (χ3n) is 4.27. The second-order valence-electron chi connectivity index (χ2n) is 6.26. The number of rotatable bonds is 4. The van der Waals surface area contributed by atoms with Gasteiger partial charge in [-0.3, -0.25) is 24.3 Å². The summed E-state index contributed by atoms with van der Waals surface area (Å²) in [4.78, 5) is 36.5. The maximum Gasteiger partial charge on any atom is 0.285 e. The Balaban J connectivity index is 1.76. The topological polar surface area (TPSA) is 94.7 Å². The van der Waals surface area contributed by atoms with Crippen LogP contribution in [0.25, 0.3) is 0 Å². The summed E-state index contributed by atoms with van der Waals surface area (Å²) in [5, 5.41) is 10.9. The molecule has 2 atom stereocenters. The molecule has 0 radical (unpaired) electrons. The lowest BCUT2D eigenvalue weighted by molar-refractivity contribution is -0.385. The van der Waals surface area contributed by atoms with Crippen molar-refractivity contribution in [3.8, 4) is 0 Å². The summed E-state index contributed by atoms with van der Waals surface area (Å²) >= 11 is 0. The second-order valence-corrected chi connectivity index (χ2v) is 6.26. The number of hydrogen-bond donors (Lipinski definition) is 0. The lowest BCUT2D eigenvalue weighted by Crippen LogP contribution is -2.47. The van der Waals surface area contributed by atoms with Gasteiger partial charge in [0.15, 0.2) is 0 Å². The summed E-state index contributed by atoms with van der Waals surface area (Å²) in [5.41, 5.74) is 0.296. The number of carbonyl (C=O) groups is 1. The maximum atomic E-state index is 12.7. The van der Waals surface area contributed by atoms with Gasteiger partial charge in [-0.25, -0.2) is 0 Å². The lowest BCUT2D eigenvalue weighted by Gasteiger charge is -2.37. The van der Waals surface area contributed by atoms with E-state index in [1.54, 1.807) is 4.90 Å². The van der Waals surface area contributed by atoms with E-state index in [0.29, 0.717) is 13.1 Å². The zero-order chi connectivity index (χ0) is 18.7. The highest BCUT2D eigenvalue weighted by Crippen LogP contribution is 2.25. The summed E-state index contributed by atoms with van der Waals surface area (Å²) in [6.45, 7) is 2.42. The van der Waals surface area contributed by atoms with Crippen LogP contribution in [0.1, 0.15) is 18.6 Å². The number of morpholine rings is 1. The molecule has 0 N–H and O–H groups in total. The number of amides is 1. The fourth-order valence-electron chi connectivity index (χ4n) is 3.00. The monoisotopic (exact) mass is 357 g/mol. The molecule has 0 saturated carbocycles. The van der Waals surface area contributed by atoms with Crippen LogP contribution < -0.4 is 5.56 Å². The van der Waals surface area contributed by atoms with Crippen LogP contribution in [0.2, 0.25) is 0 Å². The van der Waals surface area contributed by atoms with Crippen molar-refractivity contribution in [2.24, 2.45) is 0 Å². The van der Waals surface area contributed by atoms with Gasteiger partial charge in [-0.2, -0.15) is 0 Å². The van der Waals surface area contributed by atoms with Crippen LogP contribution in [0, 0.1) is 10.1 Å². The summed E-state index contributed by atoms with van der Waals surface area (Å²) in [5.74, 6) is -0.274. The number of benzene rings is 1. The predicted octanol–water partition coefficient (Wildman–Crippen LogP) is 1.75. The zero-order valence-electron chi connectivity index (χ0n) is 14.3. The van der Waals surface area contributed by atoms with Gasteiger partial charge in [0.25, 0.3) is 11.2 Å². The van der Waals surface area contributed by atoms with Gasteiger partial charge in [0.05, 0.1) is 23.8 Å². The molecular formula is C18H19N3O5. The average Bonchev–Trinajstić information content (AvgIpc) is 2.63. The van der Waals surface area contributed by atoms with Gasteiger partial charge in [0.2, 0.25) is 5.91 Å². The summed E-state index contributed by atoms with van der Waals surface area (Å²) in [6.07, 6.45) is 0.698. The molecule has 1 amide bonds. The standard InChI is InChI=1S/C18H19N3O5/c1-13-9-19(11-16(26-13)14-5-3-2-4-6-14)18(23)12-20-10-15(21(24)25)7-8-17(20)22/h2-8,10,13,16H,9,11-12H2,1H3/t13-,16-/m1/s1. The Morgan fingerprint density at radius 2 is 1.96 bits per heavy atom. The van der Waals surface area contributed by atoms with Gasteiger partial charge in [0, 0.05) is 18.7 Å². The van der Waals surface area contributed by atoms with Crippen LogP contribution in [-0.2, 0) is 16.1 Å². The first-order chi connectivity index (χ1) is 12.4. The molecule has 1 aliphatic heterocycles. The van der Waals surface area contributed by atoms with E-state index in [1.807, 2.05) is 37.3 Å². The molecule has 1 aromatic heterocycles. The van der Waals surface area contributed by atoms with Gasteiger partial charge < -0.3 is 9.64 Å². The highest BCUT2D eigenvalue weighted by molar-refractivity contribution is 5.76. The molecule has 1 aromatic carbocycles. The van der Waals surface area contributed by atoms with Gasteiger partial charge in [-0.05, 0) is 12.5 Å². The Bertz CT molecular complexity index is 865. The number of aromatic nitrogens is 1. The number of pyridine rings is 1. The minimum atomic E-state index is -0.595. The van der Waals surface area contributed by atoms with E-state index in [1.165, 1.54) is 0 Å². The van der Waals surface area contributed by atoms with E-state index in [-0.39, 0.29) is 30.3 Å². The third-order valence-corrected chi connectivity index (χ3v) is 4.27. The van der Waals surface area contributed by atoms with E-state index in [9.17, 15) is 19.7 Å². The van der Waals surface area contributed by atoms with Crippen LogP contribution in [0.3, 0.4) is 0 Å². The van der Waals surface area contributed by atoms with Gasteiger partial charge in [-0.15, -0.1) is 0 Å². The first-order valence-electron chi connectivity index (χ1n) is 8.27. The summed E-state index contributed by atoms with van der Waals surface area (Å²) in [7, 11) is 0. The fourth-order valence-corrected chi connectivity index (χ4v) is 3.00. The van der Waals surface area contributed by atoms with Crippen molar-refractivity contribution in [1.29, 1.82) is 0 Å². The normalized spacial score (nSPS) is 20.0. The van der Waals surface area contributed by atoms with Gasteiger partial charge in [-0.1, -0.05) is 30.3 Å². The molecule has 8 heteroatoms. The number of hydrogen-bond acceptors (Lipinski definition) is 5. The molecular weight excluding hydrogens is 338 g/mol. The number of ether oxygens (including phenoxy) is 1. The molecule has 26 heavy (non-hydrogen) atoms. The predicted molar refractivity (Wildman–Crippen MR) is 93.7 cm³/mol. The number of nitrogens with zero attached hydrogens (tertiary/aromatic N) is 3. The van der Waals surface area contributed by atoms with E-state index >= 15 is 0 Å². The highest BCUT2D eigenvalue weighted by atomic mass is 16.6. The smallest absolute Gasteiger partial charge is 0.285 e. The fraction of sp³-hybridized carbons (Fsp3) is 0.333. The average molecular weight is 357 g/mol. The molecule has 2 heterocycles. The van der Waals surface area contributed by atoms with Crippen molar-refractivity contribution >= 4 is 11.6 Å². The van der Waals surface area contributed by atoms with E-state index in [2.05, 4.69) is 0 Å². The van der Waals surface area contributed by atoms with Crippen molar-refractivity contribution in [3.63, 3.8) is 0 Å². The lowest BCUT2D eigenvalue weighted by atomic mass is 10.1. The molecule has 2 aromatic rings. The van der Waals surface area contributed by atoms with Crippen LogP contribution in [0.15, 0.2) is 53.5 Å². The number of nitro groups is 1. The second kappa shape index (κ2) is 7.49. The minimum absolute atomic E-state index is 0.153. The minimum Gasteiger partial charge on any atom is -0.367 e. The van der Waals surface area contributed by atoms with Crippen LogP contribution >= 0.6 is 0 Å². The van der Waals surface area contributed by atoms with Crippen molar-refractivity contribution in [2.45, 2.75) is 25.7 Å². The zero-order valence-corrected chi connectivity index (χ0v) is 14.3. The molecule has 1 fully saturated rings. The van der Waals surface area contributed by atoms with Crippen molar-refractivity contribution < 1.29 is 14.5 Å². The van der Waals surface area contributed by atoms with Crippen LogP contribution in [0.5, 0.6) is 0 Å². The molecule has 0 aliphatic carbocycles. The highest BCUT2D eigenvalue weighted by Gasteiger charge is 2.29. The summed E-state index contributed by atoms with van der Waals surface area (Å²) in [6, 6.07) is 11.8. The molecule has 3 rings (SSSR count). The van der Waals surface area contributed by atoms with E-state index in [4.69, 9.17) is 4.74 Å². The summed E-state index contributed by atoms with van der Waals surface area (Å²) < 4.78 is 6.99. The van der Waals surface area contributed by atoms with Gasteiger partial charge >= 0.3 is 0 Å². The Morgan fingerprint density at radius 3 is 2.65 bits per heavy atom. The largest absolute Gasteiger partial charge is 0.367 e. The Hall–Kier alpha value is -3.00. The maximum absolute atomic E-state index is 12.7.